The predicted molar refractivity (Wildman–Crippen MR) is 45.2 cm³/mol. The van der Waals surface area contributed by atoms with Crippen LogP contribution in [0.4, 0.5) is 0 Å². The summed E-state index contributed by atoms with van der Waals surface area (Å²) in [6, 6.07) is 4.88. The molecule has 2 aromatic rings. The first-order chi connectivity index (χ1) is 5.77. The number of hydrogen-bond acceptors (Lipinski definition) is 3. The van der Waals surface area contributed by atoms with E-state index >= 15 is 0 Å². The first kappa shape index (κ1) is 7.24. The highest BCUT2D eigenvalue weighted by atomic mass is 35.5. The van der Waals surface area contributed by atoms with Crippen LogP contribution in [0, 0.1) is 0 Å². The number of aromatic amines is 1. The molecule has 0 bridgehead atoms. The van der Waals surface area contributed by atoms with Crippen molar-refractivity contribution >= 4 is 22.5 Å². The van der Waals surface area contributed by atoms with Gasteiger partial charge >= 0.3 is 0 Å². The van der Waals surface area contributed by atoms with Gasteiger partial charge in [0.05, 0.1) is 5.39 Å². The molecule has 0 aliphatic heterocycles. The summed E-state index contributed by atoms with van der Waals surface area (Å²) in [5.74, 6) is 0. The van der Waals surface area contributed by atoms with Crippen molar-refractivity contribution in [1.82, 2.24) is 15.4 Å². The first-order valence-electron chi connectivity index (χ1n) is 3.28. The highest BCUT2D eigenvalue weighted by molar-refractivity contribution is 6.31. The minimum atomic E-state index is -0.275. The Bertz CT molecular complexity index is 479. The van der Waals surface area contributed by atoms with E-state index < -0.39 is 0 Å². The van der Waals surface area contributed by atoms with Crippen LogP contribution in [0.2, 0.25) is 5.02 Å². The summed E-state index contributed by atoms with van der Waals surface area (Å²) in [4.78, 5) is 11.1. The molecular formula is C7H4ClN3O. The summed E-state index contributed by atoms with van der Waals surface area (Å²) in [5, 5.41) is 10.3. The highest BCUT2D eigenvalue weighted by Gasteiger charge is 1.99. The van der Waals surface area contributed by atoms with Crippen LogP contribution in [0.5, 0.6) is 0 Å². The van der Waals surface area contributed by atoms with Gasteiger partial charge in [-0.1, -0.05) is 16.8 Å². The number of hydrogen-bond donors (Lipinski definition) is 1. The van der Waals surface area contributed by atoms with Gasteiger partial charge in [0.25, 0.3) is 5.56 Å². The van der Waals surface area contributed by atoms with Crippen molar-refractivity contribution < 1.29 is 0 Å². The molecule has 12 heavy (non-hydrogen) atoms. The Balaban J connectivity index is 2.98. The topological polar surface area (TPSA) is 58.6 Å². The number of nitrogens with zero attached hydrogens (tertiary/aromatic N) is 2. The van der Waals surface area contributed by atoms with Crippen LogP contribution < -0.4 is 5.56 Å². The van der Waals surface area contributed by atoms with E-state index in [0.717, 1.165) is 0 Å². The monoisotopic (exact) mass is 181 g/mol. The highest BCUT2D eigenvalue weighted by Crippen LogP contribution is 2.12. The molecule has 0 atom stereocenters. The van der Waals surface area contributed by atoms with Crippen molar-refractivity contribution in [3.63, 3.8) is 0 Å². The first-order valence-corrected chi connectivity index (χ1v) is 3.66. The Hall–Kier alpha value is -1.42. The van der Waals surface area contributed by atoms with Gasteiger partial charge in [-0.2, -0.15) is 0 Å². The third-order valence-corrected chi connectivity index (χ3v) is 1.75. The zero-order valence-corrected chi connectivity index (χ0v) is 6.67. The number of nitrogens with one attached hydrogen (secondary N) is 1. The van der Waals surface area contributed by atoms with Gasteiger partial charge in [-0.05, 0) is 18.2 Å². The van der Waals surface area contributed by atoms with E-state index in [1.165, 1.54) is 0 Å². The van der Waals surface area contributed by atoms with E-state index in [4.69, 9.17) is 11.6 Å². The molecule has 0 aliphatic rings. The van der Waals surface area contributed by atoms with E-state index in [1.807, 2.05) is 0 Å². The summed E-state index contributed by atoms with van der Waals surface area (Å²) in [6.45, 7) is 0. The van der Waals surface area contributed by atoms with Crippen molar-refractivity contribution in [1.29, 1.82) is 0 Å². The van der Waals surface area contributed by atoms with E-state index in [-0.39, 0.29) is 5.56 Å². The third-order valence-electron chi connectivity index (χ3n) is 1.51. The van der Waals surface area contributed by atoms with Crippen molar-refractivity contribution in [3.8, 4) is 0 Å². The largest absolute Gasteiger partial charge is 0.275 e. The minimum absolute atomic E-state index is 0.275. The summed E-state index contributed by atoms with van der Waals surface area (Å²) in [6.07, 6.45) is 0. The Kier molecular flexibility index (Phi) is 1.55. The van der Waals surface area contributed by atoms with Gasteiger partial charge in [-0.3, -0.25) is 4.79 Å². The standard InChI is InChI=1S/C7H4ClN3O/c8-4-1-2-6-5(3-4)7(12)10-11-9-6/h1-3H,(H,9,10,12). The molecule has 1 heterocycles. The van der Waals surface area contributed by atoms with E-state index in [2.05, 4.69) is 15.4 Å². The maximum Gasteiger partial charge on any atom is 0.275 e. The smallest absolute Gasteiger partial charge is 0.267 e. The quantitative estimate of drug-likeness (QED) is 0.659. The second-order valence-corrected chi connectivity index (χ2v) is 2.74. The van der Waals surface area contributed by atoms with Gasteiger partial charge in [-0.15, -0.1) is 5.10 Å². The fourth-order valence-corrected chi connectivity index (χ4v) is 1.13. The molecule has 0 aliphatic carbocycles. The summed E-state index contributed by atoms with van der Waals surface area (Å²) >= 11 is 5.69. The van der Waals surface area contributed by atoms with Crippen LogP contribution in [0.15, 0.2) is 23.0 Å². The van der Waals surface area contributed by atoms with Crippen LogP contribution in [-0.4, -0.2) is 15.4 Å². The third kappa shape index (κ3) is 1.06. The fourth-order valence-electron chi connectivity index (χ4n) is 0.962. The average Bonchev–Trinajstić information content (AvgIpc) is 2.07. The molecule has 0 amide bonds. The van der Waals surface area contributed by atoms with Gasteiger partial charge in [0.15, 0.2) is 0 Å². The molecule has 1 N–H and O–H groups in total. The molecule has 2 rings (SSSR count). The van der Waals surface area contributed by atoms with E-state index in [9.17, 15) is 4.79 Å². The van der Waals surface area contributed by atoms with Crippen molar-refractivity contribution in [2.75, 3.05) is 0 Å². The van der Waals surface area contributed by atoms with Gasteiger partial charge in [-0.25, -0.2) is 5.10 Å². The number of fused-ring (bicyclic) bond motifs is 1. The summed E-state index contributed by atoms with van der Waals surface area (Å²) in [7, 11) is 0. The molecular weight excluding hydrogens is 178 g/mol. The lowest BCUT2D eigenvalue weighted by Crippen LogP contribution is -2.09. The molecule has 0 unspecified atom stereocenters. The number of halogens is 1. The molecule has 0 spiro atoms. The van der Waals surface area contributed by atoms with Crippen LogP contribution >= 0.6 is 11.6 Å². The van der Waals surface area contributed by atoms with Crippen LogP contribution in [0.3, 0.4) is 0 Å². The predicted octanol–water partition coefficient (Wildman–Crippen LogP) is 0.971. The molecule has 0 saturated carbocycles. The second kappa shape index (κ2) is 2.57. The Labute approximate surface area is 72.2 Å². The maximum atomic E-state index is 11.1. The minimum Gasteiger partial charge on any atom is -0.267 e. The van der Waals surface area contributed by atoms with Gasteiger partial charge in [0, 0.05) is 5.02 Å². The number of H-pyrrole nitrogens is 1. The average molecular weight is 182 g/mol. The Morgan fingerprint density at radius 2 is 2.25 bits per heavy atom. The number of aromatic nitrogens is 3. The fraction of sp³-hybridized carbons (Fsp3) is 0. The second-order valence-electron chi connectivity index (χ2n) is 2.30. The van der Waals surface area contributed by atoms with Gasteiger partial charge in [0.1, 0.15) is 5.52 Å². The molecule has 1 aromatic heterocycles. The molecule has 4 nitrogen and oxygen atoms in total. The maximum absolute atomic E-state index is 11.1. The lowest BCUT2D eigenvalue weighted by atomic mass is 10.2. The van der Waals surface area contributed by atoms with Crippen LogP contribution in [-0.2, 0) is 0 Å². The lowest BCUT2D eigenvalue weighted by molar-refractivity contribution is 0.872. The molecule has 0 radical (unpaired) electrons. The zero-order chi connectivity index (χ0) is 8.55. The van der Waals surface area contributed by atoms with Gasteiger partial charge < -0.3 is 0 Å². The molecule has 60 valence electrons. The molecule has 5 heteroatoms. The van der Waals surface area contributed by atoms with Crippen LogP contribution in [0.25, 0.3) is 10.9 Å². The normalized spacial score (nSPS) is 10.4. The molecule has 0 saturated heterocycles. The van der Waals surface area contributed by atoms with Gasteiger partial charge in [0.2, 0.25) is 0 Å². The van der Waals surface area contributed by atoms with Crippen molar-refractivity contribution in [2.24, 2.45) is 0 Å². The molecule has 1 aromatic carbocycles. The number of rotatable bonds is 0. The van der Waals surface area contributed by atoms with Crippen molar-refractivity contribution in [2.45, 2.75) is 0 Å². The van der Waals surface area contributed by atoms with E-state index in [1.54, 1.807) is 18.2 Å². The Morgan fingerprint density at radius 1 is 1.42 bits per heavy atom. The van der Waals surface area contributed by atoms with Crippen molar-refractivity contribution in [3.05, 3.63) is 33.6 Å². The Morgan fingerprint density at radius 3 is 3.08 bits per heavy atom. The van der Waals surface area contributed by atoms with Crippen LogP contribution in [0.1, 0.15) is 0 Å². The zero-order valence-electron chi connectivity index (χ0n) is 5.91. The van der Waals surface area contributed by atoms with E-state index in [0.29, 0.717) is 15.9 Å². The number of benzene rings is 1. The lowest BCUT2D eigenvalue weighted by Gasteiger charge is -1.93. The molecule has 0 fully saturated rings. The summed E-state index contributed by atoms with van der Waals surface area (Å²) < 4.78 is 0. The summed E-state index contributed by atoms with van der Waals surface area (Å²) in [5.41, 5.74) is 0.269. The SMILES string of the molecule is O=c1[nH]nnc2ccc(Cl)cc12.